The Morgan fingerprint density at radius 2 is 1.74 bits per heavy atom. The number of alkyl halides is 1. The quantitative estimate of drug-likeness (QED) is 0.812. The minimum absolute atomic E-state index is 0.0551. The minimum Gasteiger partial charge on any atom is -0.351 e. The third-order valence-electron chi connectivity index (χ3n) is 3.70. The van der Waals surface area contributed by atoms with Gasteiger partial charge >= 0.3 is 0 Å². The van der Waals surface area contributed by atoms with Crippen LogP contribution in [0, 0.1) is 5.41 Å². The normalized spacial score (nSPS) is 17.4. The summed E-state index contributed by atoms with van der Waals surface area (Å²) in [5.74, 6) is 0.435. The van der Waals surface area contributed by atoms with Gasteiger partial charge in [0.15, 0.2) is 0 Å². The van der Waals surface area contributed by atoms with Crippen LogP contribution in [0.2, 0.25) is 10.0 Å². The molecule has 19 heavy (non-hydrogen) atoms. The van der Waals surface area contributed by atoms with Gasteiger partial charge in [0.2, 0.25) is 0 Å². The fourth-order valence-corrected chi connectivity index (χ4v) is 3.43. The van der Waals surface area contributed by atoms with Gasteiger partial charge in [-0.25, -0.2) is 0 Å². The molecular weight excluding hydrogens is 305 g/mol. The van der Waals surface area contributed by atoms with Crippen molar-refractivity contribution in [3.8, 4) is 0 Å². The number of hydrogen-bond donors (Lipinski definition) is 1. The number of amides is 1. The van der Waals surface area contributed by atoms with Crippen LogP contribution in [-0.2, 0) is 0 Å². The first-order chi connectivity index (χ1) is 9.04. The topological polar surface area (TPSA) is 29.1 Å². The molecule has 1 fully saturated rings. The molecule has 1 aromatic rings. The predicted molar refractivity (Wildman–Crippen MR) is 80.4 cm³/mol. The van der Waals surface area contributed by atoms with Crippen molar-refractivity contribution in [2.75, 3.05) is 12.4 Å². The standard InChI is InChI=1S/C14H16Cl3NO/c15-8-14(3-1-2-4-14)9-18-13(19)10-5-11(16)7-12(17)6-10/h5-7H,1-4,8-9H2,(H,18,19). The second-order valence-electron chi connectivity index (χ2n) is 5.18. The molecule has 104 valence electrons. The molecule has 1 aromatic carbocycles. The van der Waals surface area contributed by atoms with Crippen LogP contribution < -0.4 is 5.32 Å². The van der Waals surface area contributed by atoms with Crippen molar-refractivity contribution in [2.24, 2.45) is 5.41 Å². The summed E-state index contributed by atoms with van der Waals surface area (Å²) in [6.45, 7) is 0.611. The van der Waals surface area contributed by atoms with Crippen LogP contribution in [0.5, 0.6) is 0 Å². The van der Waals surface area contributed by atoms with Gasteiger partial charge in [0.05, 0.1) is 0 Å². The van der Waals surface area contributed by atoms with Crippen LogP contribution >= 0.6 is 34.8 Å². The molecule has 0 aromatic heterocycles. The van der Waals surface area contributed by atoms with Crippen LogP contribution in [0.3, 0.4) is 0 Å². The number of halogens is 3. The van der Waals surface area contributed by atoms with E-state index in [1.165, 1.54) is 12.8 Å². The highest BCUT2D eigenvalue weighted by atomic mass is 35.5. The molecular formula is C14H16Cl3NO. The van der Waals surface area contributed by atoms with E-state index in [1.54, 1.807) is 18.2 Å². The number of rotatable bonds is 4. The summed E-state index contributed by atoms with van der Waals surface area (Å²) in [5.41, 5.74) is 0.541. The van der Waals surface area contributed by atoms with E-state index in [1.807, 2.05) is 0 Å². The largest absolute Gasteiger partial charge is 0.351 e. The lowest BCUT2D eigenvalue weighted by Crippen LogP contribution is -2.37. The van der Waals surface area contributed by atoms with Crippen LogP contribution in [0.4, 0.5) is 0 Å². The van der Waals surface area contributed by atoms with Gasteiger partial charge in [-0.1, -0.05) is 36.0 Å². The van der Waals surface area contributed by atoms with Gasteiger partial charge in [-0.05, 0) is 31.0 Å². The van der Waals surface area contributed by atoms with Gasteiger partial charge in [-0.15, -0.1) is 11.6 Å². The Hall–Kier alpha value is -0.440. The van der Waals surface area contributed by atoms with Gasteiger partial charge in [-0.3, -0.25) is 4.79 Å². The highest BCUT2D eigenvalue weighted by molar-refractivity contribution is 6.35. The molecule has 1 amide bonds. The maximum Gasteiger partial charge on any atom is 0.251 e. The second kappa shape index (κ2) is 6.34. The first kappa shape index (κ1) is 15.0. The molecule has 1 aliphatic carbocycles. The molecule has 0 radical (unpaired) electrons. The molecule has 0 unspecified atom stereocenters. The van der Waals surface area contributed by atoms with E-state index < -0.39 is 0 Å². The summed E-state index contributed by atoms with van der Waals surface area (Å²) in [6, 6.07) is 4.84. The zero-order valence-corrected chi connectivity index (χ0v) is 12.8. The van der Waals surface area contributed by atoms with Crippen LogP contribution in [0.25, 0.3) is 0 Å². The van der Waals surface area contributed by atoms with Gasteiger partial charge in [0, 0.05) is 33.4 Å². The lowest BCUT2D eigenvalue weighted by atomic mass is 9.88. The molecule has 1 aliphatic rings. The maximum absolute atomic E-state index is 12.1. The first-order valence-electron chi connectivity index (χ1n) is 6.35. The van der Waals surface area contributed by atoms with E-state index in [-0.39, 0.29) is 11.3 Å². The lowest BCUT2D eigenvalue weighted by molar-refractivity contribution is 0.0935. The van der Waals surface area contributed by atoms with Crippen molar-refractivity contribution in [1.82, 2.24) is 5.32 Å². The number of benzene rings is 1. The number of carbonyl (C=O) groups is 1. The Labute approximate surface area is 128 Å². The Bertz CT molecular complexity index is 450. The van der Waals surface area contributed by atoms with Crippen molar-refractivity contribution in [3.05, 3.63) is 33.8 Å². The summed E-state index contributed by atoms with van der Waals surface area (Å²) >= 11 is 17.8. The van der Waals surface area contributed by atoms with Crippen LogP contribution in [0.15, 0.2) is 18.2 Å². The van der Waals surface area contributed by atoms with Gasteiger partial charge in [0.25, 0.3) is 5.91 Å². The molecule has 5 heteroatoms. The highest BCUT2D eigenvalue weighted by Gasteiger charge is 2.33. The third-order valence-corrected chi connectivity index (χ3v) is 4.70. The van der Waals surface area contributed by atoms with Crippen molar-refractivity contribution < 1.29 is 4.79 Å². The van der Waals surface area contributed by atoms with E-state index in [2.05, 4.69) is 5.32 Å². The molecule has 2 nitrogen and oxygen atoms in total. The zero-order valence-electron chi connectivity index (χ0n) is 10.5. The maximum atomic E-state index is 12.1. The molecule has 0 bridgehead atoms. The van der Waals surface area contributed by atoms with Crippen molar-refractivity contribution in [2.45, 2.75) is 25.7 Å². The molecule has 0 aliphatic heterocycles. The zero-order chi connectivity index (χ0) is 13.9. The first-order valence-corrected chi connectivity index (χ1v) is 7.64. The smallest absolute Gasteiger partial charge is 0.251 e. The monoisotopic (exact) mass is 319 g/mol. The van der Waals surface area contributed by atoms with Crippen molar-refractivity contribution >= 4 is 40.7 Å². The lowest BCUT2D eigenvalue weighted by Gasteiger charge is -2.26. The fraction of sp³-hybridized carbons (Fsp3) is 0.500. The molecule has 1 N–H and O–H groups in total. The molecule has 0 heterocycles. The third kappa shape index (κ3) is 3.77. The van der Waals surface area contributed by atoms with Crippen molar-refractivity contribution in [1.29, 1.82) is 0 Å². The molecule has 0 atom stereocenters. The summed E-state index contributed by atoms with van der Waals surface area (Å²) in [4.78, 5) is 12.1. The Morgan fingerprint density at radius 3 is 2.26 bits per heavy atom. The van der Waals surface area contributed by atoms with Crippen molar-refractivity contribution in [3.63, 3.8) is 0 Å². The van der Waals surface area contributed by atoms with E-state index >= 15 is 0 Å². The van der Waals surface area contributed by atoms with E-state index in [0.717, 1.165) is 12.8 Å². The minimum atomic E-state index is -0.152. The SMILES string of the molecule is O=C(NCC1(CCl)CCCC1)c1cc(Cl)cc(Cl)c1. The Morgan fingerprint density at radius 1 is 1.16 bits per heavy atom. The molecule has 2 rings (SSSR count). The summed E-state index contributed by atoms with van der Waals surface area (Å²) < 4.78 is 0. The Balaban J connectivity index is 2.01. The molecule has 1 saturated carbocycles. The molecule has 0 saturated heterocycles. The number of carbonyl (C=O) groups excluding carboxylic acids is 1. The van der Waals surface area contributed by atoms with Gasteiger partial charge in [-0.2, -0.15) is 0 Å². The van der Waals surface area contributed by atoms with E-state index in [0.29, 0.717) is 28.0 Å². The second-order valence-corrected chi connectivity index (χ2v) is 6.32. The van der Waals surface area contributed by atoms with Gasteiger partial charge in [0.1, 0.15) is 0 Å². The highest BCUT2D eigenvalue weighted by Crippen LogP contribution is 2.38. The average Bonchev–Trinajstić information content (AvgIpc) is 2.84. The number of nitrogens with one attached hydrogen (secondary N) is 1. The predicted octanol–water partition coefficient (Wildman–Crippen LogP) is 4.52. The van der Waals surface area contributed by atoms with E-state index in [9.17, 15) is 4.79 Å². The van der Waals surface area contributed by atoms with E-state index in [4.69, 9.17) is 34.8 Å². The fourth-order valence-electron chi connectivity index (χ4n) is 2.54. The van der Waals surface area contributed by atoms with Crippen LogP contribution in [0.1, 0.15) is 36.0 Å². The summed E-state index contributed by atoms with van der Waals surface area (Å²) in [7, 11) is 0. The summed E-state index contributed by atoms with van der Waals surface area (Å²) in [5, 5.41) is 3.87. The Kier molecular flexibility index (Phi) is 4.99. The van der Waals surface area contributed by atoms with Crippen LogP contribution in [-0.4, -0.2) is 18.3 Å². The number of hydrogen-bond acceptors (Lipinski definition) is 1. The van der Waals surface area contributed by atoms with Gasteiger partial charge < -0.3 is 5.32 Å². The summed E-state index contributed by atoms with van der Waals surface area (Å²) in [6.07, 6.45) is 4.53. The molecule has 0 spiro atoms. The average molecular weight is 321 g/mol.